The summed E-state index contributed by atoms with van der Waals surface area (Å²) in [6.07, 6.45) is 1.22. The Labute approximate surface area is 92.9 Å². The van der Waals surface area contributed by atoms with Crippen LogP contribution in [0.25, 0.3) is 0 Å². The van der Waals surface area contributed by atoms with Crippen molar-refractivity contribution in [2.45, 2.75) is 34.1 Å². The first-order valence-corrected chi connectivity index (χ1v) is 5.78. The second kappa shape index (κ2) is 3.64. The Hall–Kier alpha value is -0.820. The number of hydrogen-bond donors (Lipinski definition) is 1. The van der Waals surface area contributed by atoms with E-state index in [1.165, 1.54) is 36.2 Å². The van der Waals surface area contributed by atoms with Crippen LogP contribution < -0.4 is 5.32 Å². The lowest BCUT2D eigenvalue weighted by Gasteiger charge is -2.40. The average Bonchev–Trinajstić information content (AvgIpc) is 2.08. The molecule has 1 fully saturated rings. The Morgan fingerprint density at radius 2 is 1.67 bits per heavy atom. The van der Waals surface area contributed by atoms with Gasteiger partial charge in [0.25, 0.3) is 0 Å². The van der Waals surface area contributed by atoms with E-state index in [0.29, 0.717) is 5.41 Å². The van der Waals surface area contributed by atoms with E-state index in [1.807, 2.05) is 0 Å². The van der Waals surface area contributed by atoms with Gasteiger partial charge in [-0.05, 0) is 49.3 Å². The minimum atomic E-state index is 0.491. The van der Waals surface area contributed by atoms with Gasteiger partial charge in [0.2, 0.25) is 0 Å². The summed E-state index contributed by atoms with van der Waals surface area (Å²) in [6, 6.07) is 4.61. The maximum absolute atomic E-state index is 3.37. The van der Waals surface area contributed by atoms with Crippen LogP contribution in [0.5, 0.6) is 0 Å². The van der Waals surface area contributed by atoms with Gasteiger partial charge in [-0.15, -0.1) is 0 Å². The van der Waals surface area contributed by atoms with Crippen molar-refractivity contribution < 1.29 is 0 Å². The zero-order valence-corrected chi connectivity index (χ0v) is 10.3. The van der Waals surface area contributed by atoms with Crippen molar-refractivity contribution in [1.29, 1.82) is 0 Å². The van der Waals surface area contributed by atoms with E-state index in [4.69, 9.17) is 0 Å². The van der Waals surface area contributed by atoms with E-state index in [2.05, 4.69) is 45.1 Å². The summed E-state index contributed by atoms with van der Waals surface area (Å²) in [7, 11) is 0. The molecule has 0 bridgehead atoms. The Kier molecular flexibility index (Phi) is 2.59. The van der Waals surface area contributed by atoms with Crippen LogP contribution in [0.15, 0.2) is 12.1 Å². The third-order valence-corrected chi connectivity index (χ3v) is 3.55. The van der Waals surface area contributed by atoms with Gasteiger partial charge < -0.3 is 5.32 Å². The molecule has 0 radical (unpaired) electrons. The summed E-state index contributed by atoms with van der Waals surface area (Å²) < 4.78 is 0. The van der Waals surface area contributed by atoms with E-state index in [1.54, 1.807) is 5.56 Å². The van der Waals surface area contributed by atoms with Crippen molar-refractivity contribution in [2.75, 3.05) is 13.1 Å². The monoisotopic (exact) mass is 203 g/mol. The topological polar surface area (TPSA) is 12.0 Å². The maximum atomic E-state index is 3.37. The highest BCUT2D eigenvalue weighted by Crippen LogP contribution is 2.30. The lowest BCUT2D eigenvalue weighted by Crippen LogP contribution is -2.52. The largest absolute Gasteiger partial charge is 0.316 e. The zero-order valence-electron chi connectivity index (χ0n) is 10.3. The molecule has 15 heavy (non-hydrogen) atoms. The van der Waals surface area contributed by atoms with Crippen LogP contribution in [0.3, 0.4) is 0 Å². The van der Waals surface area contributed by atoms with Gasteiger partial charge in [-0.2, -0.15) is 0 Å². The van der Waals surface area contributed by atoms with E-state index in [0.717, 1.165) is 0 Å². The molecule has 0 unspecified atom stereocenters. The van der Waals surface area contributed by atoms with E-state index < -0.39 is 0 Å². The van der Waals surface area contributed by atoms with Gasteiger partial charge in [-0.3, -0.25) is 0 Å². The molecule has 1 aliphatic heterocycles. The summed E-state index contributed by atoms with van der Waals surface area (Å²) in [5.74, 6) is 0. The Balaban J connectivity index is 2.28. The molecule has 1 N–H and O–H groups in total. The number of nitrogens with one attached hydrogen (secondary N) is 1. The highest BCUT2D eigenvalue weighted by atomic mass is 15.0. The van der Waals surface area contributed by atoms with Crippen molar-refractivity contribution >= 4 is 0 Å². The molecule has 0 aromatic heterocycles. The summed E-state index contributed by atoms with van der Waals surface area (Å²) >= 11 is 0. The number of rotatable bonds is 2. The molecule has 0 spiro atoms. The van der Waals surface area contributed by atoms with Crippen LogP contribution in [0, 0.1) is 26.2 Å². The minimum Gasteiger partial charge on any atom is -0.316 e. The van der Waals surface area contributed by atoms with Gasteiger partial charge in [0.15, 0.2) is 0 Å². The van der Waals surface area contributed by atoms with E-state index in [9.17, 15) is 0 Å². The third-order valence-electron chi connectivity index (χ3n) is 3.55. The van der Waals surface area contributed by atoms with Gasteiger partial charge in [0, 0.05) is 13.1 Å². The molecule has 1 aliphatic rings. The fraction of sp³-hybridized carbons (Fsp3) is 0.571. The summed E-state index contributed by atoms with van der Waals surface area (Å²) in [5, 5.41) is 3.37. The van der Waals surface area contributed by atoms with E-state index in [-0.39, 0.29) is 0 Å². The standard InChI is InChI=1S/C14H21N/c1-10-5-11(2)13(12(3)6-10)7-14(4)8-15-9-14/h5-6,15H,7-9H2,1-4H3. The molecule has 1 nitrogen and oxygen atoms in total. The second-order valence-electron chi connectivity index (χ2n) is 5.47. The predicted octanol–water partition coefficient (Wildman–Crippen LogP) is 2.76. The molecule has 2 rings (SSSR count). The molecule has 1 aromatic carbocycles. The molecule has 1 heteroatoms. The lowest BCUT2D eigenvalue weighted by atomic mass is 9.76. The van der Waals surface area contributed by atoms with Crippen molar-refractivity contribution in [2.24, 2.45) is 5.41 Å². The van der Waals surface area contributed by atoms with Crippen LogP contribution in [0.1, 0.15) is 29.2 Å². The molecule has 0 atom stereocenters. The molecule has 1 heterocycles. The predicted molar refractivity (Wildman–Crippen MR) is 65.3 cm³/mol. The van der Waals surface area contributed by atoms with Gasteiger partial charge in [0.05, 0.1) is 0 Å². The first kappa shape index (κ1) is 10.7. The Morgan fingerprint density at radius 3 is 2.07 bits per heavy atom. The minimum absolute atomic E-state index is 0.491. The highest BCUT2D eigenvalue weighted by Gasteiger charge is 2.32. The summed E-state index contributed by atoms with van der Waals surface area (Å²) in [6.45, 7) is 11.4. The smallest absolute Gasteiger partial charge is 0.00208 e. The second-order valence-corrected chi connectivity index (χ2v) is 5.47. The summed E-state index contributed by atoms with van der Waals surface area (Å²) in [5.41, 5.74) is 6.35. The van der Waals surface area contributed by atoms with Gasteiger partial charge in [-0.1, -0.05) is 24.6 Å². The van der Waals surface area contributed by atoms with Crippen LogP contribution in [0.2, 0.25) is 0 Å². The van der Waals surface area contributed by atoms with E-state index >= 15 is 0 Å². The molecule has 82 valence electrons. The molecule has 0 amide bonds. The fourth-order valence-electron chi connectivity index (χ4n) is 2.59. The third kappa shape index (κ3) is 2.07. The van der Waals surface area contributed by atoms with Crippen LogP contribution in [0.4, 0.5) is 0 Å². The van der Waals surface area contributed by atoms with Crippen molar-refractivity contribution in [3.8, 4) is 0 Å². The van der Waals surface area contributed by atoms with Crippen LogP contribution in [-0.2, 0) is 6.42 Å². The number of benzene rings is 1. The number of hydrogen-bond acceptors (Lipinski definition) is 1. The molecular formula is C14H21N. The van der Waals surface area contributed by atoms with Crippen LogP contribution >= 0.6 is 0 Å². The van der Waals surface area contributed by atoms with Gasteiger partial charge in [0.1, 0.15) is 0 Å². The lowest BCUT2D eigenvalue weighted by molar-refractivity contribution is 0.195. The first-order chi connectivity index (χ1) is 7.00. The SMILES string of the molecule is Cc1cc(C)c(CC2(C)CNC2)c(C)c1. The van der Waals surface area contributed by atoms with Crippen molar-refractivity contribution in [1.82, 2.24) is 5.32 Å². The molecule has 0 saturated carbocycles. The molecule has 1 aromatic rings. The fourth-order valence-corrected chi connectivity index (χ4v) is 2.59. The Bertz CT molecular complexity index is 352. The molecular weight excluding hydrogens is 182 g/mol. The van der Waals surface area contributed by atoms with Gasteiger partial charge >= 0.3 is 0 Å². The zero-order chi connectivity index (χ0) is 11.1. The van der Waals surface area contributed by atoms with Gasteiger partial charge in [-0.25, -0.2) is 0 Å². The molecule has 1 saturated heterocycles. The molecule has 0 aliphatic carbocycles. The number of aryl methyl sites for hydroxylation is 3. The normalized spacial score (nSPS) is 18.7. The average molecular weight is 203 g/mol. The Morgan fingerprint density at radius 1 is 1.13 bits per heavy atom. The van der Waals surface area contributed by atoms with Crippen LogP contribution in [-0.4, -0.2) is 13.1 Å². The first-order valence-electron chi connectivity index (χ1n) is 5.78. The quantitative estimate of drug-likeness (QED) is 0.779. The maximum Gasteiger partial charge on any atom is 0.00208 e. The highest BCUT2D eigenvalue weighted by molar-refractivity contribution is 5.38. The van der Waals surface area contributed by atoms with Crippen molar-refractivity contribution in [3.05, 3.63) is 34.4 Å². The summed E-state index contributed by atoms with van der Waals surface area (Å²) in [4.78, 5) is 0. The van der Waals surface area contributed by atoms with Crippen molar-refractivity contribution in [3.63, 3.8) is 0 Å².